The molecule has 1 aromatic heterocycles. The van der Waals surface area contributed by atoms with Crippen LogP contribution in [0.25, 0.3) is 11.0 Å². The number of rotatable bonds is 5. The molecule has 0 saturated heterocycles. The number of nitrogens with zero attached hydrogens (tertiary/aromatic N) is 2. The van der Waals surface area contributed by atoms with Crippen LogP contribution in [-0.2, 0) is 13.0 Å². The first kappa shape index (κ1) is 13.8. The number of aromatic nitrogens is 2. The Balaban J connectivity index is 1.97. The van der Waals surface area contributed by atoms with Crippen molar-refractivity contribution in [3.05, 3.63) is 66.0 Å². The molecule has 0 aliphatic carbocycles. The predicted molar refractivity (Wildman–Crippen MR) is 85.1 cm³/mol. The molecule has 3 nitrogen and oxygen atoms in total. The van der Waals surface area contributed by atoms with Crippen LogP contribution in [0.1, 0.15) is 30.8 Å². The van der Waals surface area contributed by atoms with Crippen molar-refractivity contribution in [3.8, 4) is 0 Å². The summed E-state index contributed by atoms with van der Waals surface area (Å²) in [5.74, 6) is 1.05. The van der Waals surface area contributed by atoms with Crippen LogP contribution in [0, 0.1) is 0 Å². The number of para-hydroxylation sites is 2. The van der Waals surface area contributed by atoms with Crippen molar-refractivity contribution in [2.24, 2.45) is 0 Å². The second-order valence-electron chi connectivity index (χ2n) is 5.30. The Morgan fingerprint density at radius 3 is 2.52 bits per heavy atom. The number of imidazole rings is 1. The molecule has 0 bridgehead atoms. The highest BCUT2D eigenvalue weighted by Crippen LogP contribution is 2.22. The van der Waals surface area contributed by atoms with Gasteiger partial charge in [-0.1, -0.05) is 49.4 Å². The molecule has 1 N–H and O–H groups in total. The third kappa shape index (κ3) is 2.83. The summed E-state index contributed by atoms with van der Waals surface area (Å²) in [6.45, 7) is 2.69. The lowest BCUT2D eigenvalue weighted by atomic mass is 10.1. The SMILES string of the molecule is CCCc1nc2ccccc2n1CC(O)c1ccccc1. The molecule has 0 saturated carbocycles. The number of aliphatic hydroxyl groups excluding tert-OH is 1. The Morgan fingerprint density at radius 1 is 1.05 bits per heavy atom. The normalized spacial score (nSPS) is 12.7. The lowest BCUT2D eigenvalue weighted by Crippen LogP contribution is -2.11. The highest BCUT2D eigenvalue weighted by atomic mass is 16.3. The molecule has 1 heterocycles. The fourth-order valence-corrected chi connectivity index (χ4v) is 2.70. The predicted octanol–water partition coefficient (Wildman–Crippen LogP) is 3.72. The van der Waals surface area contributed by atoms with Crippen molar-refractivity contribution in [2.45, 2.75) is 32.4 Å². The van der Waals surface area contributed by atoms with Crippen molar-refractivity contribution in [1.29, 1.82) is 0 Å². The van der Waals surface area contributed by atoms with Gasteiger partial charge in [-0.3, -0.25) is 0 Å². The highest BCUT2D eigenvalue weighted by Gasteiger charge is 2.14. The standard InChI is InChI=1S/C18H20N2O/c1-2-8-18-19-15-11-6-7-12-16(15)20(18)13-17(21)14-9-4-3-5-10-14/h3-7,9-12,17,21H,2,8,13H2,1H3. The molecule has 0 amide bonds. The van der Waals surface area contributed by atoms with E-state index in [4.69, 9.17) is 4.98 Å². The van der Waals surface area contributed by atoms with Crippen LogP contribution in [0.15, 0.2) is 54.6 Å². The van der Waals surface area contributed by atoms with Gasteiger partial charge in [0.2, 0.25) is 0 Å². The first-order chi connectivity index (χ1) is 10.3. The van der Waals surface area contributed by atoms with Gasteiger partial charge in [-0.05, 0) is 24.1 Å². The molecule has 21 heavy (non-hydrogen) atoms. The third-order valence-electron chi connectivity index (χ3n) is 3.75. The summed E-state index contributed by atoms with van der Waals surface area (Å²) in [5.41, 5.74) is 3.04. The molecule has 0 spiro atoms. The summed E-state index contributed by atoms with van der Waals surface area (Å²) in [4.78, 5) is 4.70. The molecule has 1 atom stereocenters. The number of benzene rings is 2. The molecule has 0 radical (unpaired) electrons. The molecule has 3 aromatic rings. The quantitative estimate of drug-likeness (QED) is 0.773. The van der Waals surface area contributed by atoms with E-state index in [9.17, 15) is 5.11 Å². The van der Waals surface area contributed by atoms with Crippen molar-refractivity contribution >= 4 is 11.0 Å². The second-order valence-corrected chi connectivity index (χ2v) is 5.30. The average molecular weight is 280 g/mol. The average Bonchev–Trinajstić information content (AvgIpc) is 2.86. The minimum Gasteiger partial charge on any atom is -0.387 e. The van der Waals surface area contributed by atoms with Crippen LogP contribution in [-0.4, -0.2) is 14.7 Å². The van der Waals surface area contributed by atoms with Gasteiger partial charge in [0.25, 0.3) is 0 Å². The molecule has 108 valence electrons. The van der Waals surface area contributed by atoms with E-state index in [1.165, 1.54) is 0 Å². The Hall–Kier alpha value is -2.13. The number of fused-ring (bicyclic) bond motifs is 1. The molecule has 2 aromatic carbocycles. The maximum absolute atomic E-state index is 10.5. The van der Waals surface area contributed by atoms with Gasteiger partial charge in [0.05, 0.1) is 23.7 Å². The van der Waals surface area contributed by atoms with Crippen molar-refractivity contribution in [1.82, 2.24) is 9.55 Å². The summed E-state index contributed by atoms with van der Waals surface area (Å²) in [7, 11) is 0. The fraction of sp³-hybridized carbons (Fsp3) is 0.278. The number of aliphatic hydroxyl groups is 1. The van der Waals surface area contributed by atoms with Crippen molar-refractivity contribution in [3.63, 3.8) is 0 Å². The molecule has 0 aliphatic heterocycles. The summed E-state index contributed by atoms with van der Waals surface area (Å²) < 4.78 is 2.15. The zero-order chi connectivity index (χ0) is 14.7. The van der Waals surface area contributed by atoms with Crippen LogP contribution in [0.3, 0.4) is 0 Å². The summed E-state index contributed by atoms with van der Waals surface area (Å²) >= 11 is 0. The zero-order valence-electron chi connectivity index (χ0n) is 12.2. The summed E-state index contributed by atoms with van der Waals surface area (Å²) in [6.07, 6.45) is 1.46. The largest absolute Gasteiger partial charge is 0.387 e. The molecule has 0 fully saturated rings. The van der Waals surface area contributed by atoms with Gasteiger partial charge in [0.1, 0.15) is 5.82 Å². The van der Waals surface area contributed by atoms with E-state index in [0.717, 1.165) is 35.3 Å². The maximum atomic E-state index is 10.5. The Bertz CT molecular complexity index is 718. The van der Waals surface area contributed by atoms with Gasteiger partial charge in [-0.25, -0.2) is 4.98 Å². The van der Waals surface area contributed by atoms with E-state index in [0.29, 0.717) is 6.54 Å². The molecular formula is C18H20N2O. The van der Waals surface area contributed by atoms with E-state index in [1.54, 1.807) is 0 Å². The van der Waals surface area contributed by atoms with Gasteiger partial charge in [-0.2, -0.15) is 0 Å². The Morgan fingerprint density at radius 2 is 1.76 bits per heavy atom. The van der Waals surface area contributed by atoms with Gasteiger partial charge in [0.15, 0.2) is 0 Å². The van der Waals surface area contributed by atoms with Crippen LogP contribution in [0.5, 0.6) is 0 Å². The Kier molecular flexibility index (Phi) is 4.02. The Labute approximate surface area is 124 Å². The number of aryl methyl sites for hydroxylation is 1. The maximum Gasteiger partial charge on any atom is 0.109 e. The number of hydrogen-bond acceptors (Lipinski definition) is 2. The summed E-state index contributed by atoms with van der Waals surface area (Å²) in [6, 6.07) is 17.9. The smallest absolute Gasteiger partial charge is 0.109 e. The van der Waals surface area contributed by atoms with Gasteiger partial charge in [-0.15, -0.1) is 0 Å². The van der Waals surface area contributed by atoms with Crippen LogP contribution in [0.2, 0.25) is 0 Å². The van der Waals surface area contributed by atoms with Gasteiger partial charge >= 0.3 is 0 Å². The van der Waals surface area contributed by atoms with E-state index < -0.39 is 6.10 Å². The topological polar surface area (TPSA) is 38.0 Å². The van der Waals surface area contributed by atoms with Crippen LogP contribution in [0.4, 0.5) is 0 Å². The van der Waals surface area contributed by atoms with Gasteiger partial charge in [0, 0.05) is 6.42 Å². The second kappa shape index (κ2) is 6.10. The molecule has 0 aliphatic rings. The van der Waals surface area contributed by atoms with Crippen molar-refractivity contribution in [2.75, 3.05) is 0 Å². The lowest BCUT2D eigenvalue weighted by Gasteiger charge is -2.15. The first-order valence-corrected chi connectivity index (χ1v) is 7.46. The van der Waals surface area contributed by atoms with Crippen molar-refractivity contribution < 1.29 is 5.11 Å². The van der Waals surface area contributed by atoms with E-state index in [-0.39, 0.29) is 0 Å². The molecule has 3 rings (SSSR count). The summed E-state index contributed by atoms with van der Waals surface area (Å²) in [5, 5.41) is 10.5. The number of hydrogen-bond donors (Lipinski definition) is 1. The third-order valence-corrected chi connectivity index (χ3v) is 3.75. The molecule has 1 unspecified atom stereocenters. The molecule has 3 heteroatoms. The van der Waals surface area contributed by atoms with E-state index in [1.807, 2.05) is 48.5 Å². The van der Waals surface area contributed by atoms with Crippen LogP contribution < -0.4 is 0 Å². The monoisotopic (exact) mass is 280 g/mol. The first-order valence-electron chi connectivity index (χ1n) is 7.46. The fourth-order valence-electron chi connectivity index (χ4n) is 2.70. The van der Waals surface area contributed by atoms with E-state index in [2.05, 4.69) is 17.6 Å². The lowest BCUT2D eigenvalue weighted by molar-refractivity contribution is 0.156. The minimum atomic E-state index is -0.514. The highest BCUT2D eigenvalue weighted by molar-refractivity contribution is 5.75. The van der Waals surface area contributed by atoms with Crippen LogP contribution >= 0.6 is 0 Å². The molecular weight excluding hydrogens is 260 g/mol. The van der Waals surface area contributed by atoms with E-state index >= 15 is 0 Å². The zero-order valence-corrected chi connectivity index (χ0v) is 12.2. The van der Waals surface area contributed by atoms with Gasteiger partial charge < -0.3 is 9.67 Å². The minimum absolute atomic E-state index is 0.514.